The molecule has 5 nitrogen and oxygen atoms in total. The summed E-state index contributed by atoms with van der Waals surface area (Å²) in [7, 11) is 1.60. The van der Waals surface area contributed by atoms with Gasteiger partial charge in [-0.05, 0) is 43.2 Å². The summed E-state index contributed by atoms with van der Waals surface area (Å²) < 4.78 is 37.6. The fourth-order valence-electron chi connectivity index (χ4n) is 2.68. The van der Waals surface area contributed by atoms with Crippen LogP contribution in [0.1, 0.15) is 30.4 Å². The molecule has 2 amide bonds. The van der Waals surface area contributed by atoms with E-state index >= 15 is 0 Å². The Labute approximate surface area is 151 Å². The molecule has 0 radical (unpaired) electrons. The second-order valence-corrected chi connectivity index (χ2v) is 5.90. The first kappa shape index (κ1) is 21.7. The van der Waals surface area contributed by atoms with E-state index in [0.29, 0.717) is 6.54 Å². The number of primary amides is 1. The summed E-state index contributed by atoms with van der Waals surface area (Å²) in [5.74, 6) is -0.508. The molecule has 3 N–H and O–H groups in total. The number of hydrogen-bond acceptors (Lipinski definition) is 3. The summed E-state index contributed by atoms with van der Waals surface area (Å²) in [4.78, 5) is 23.4. The second-order valence-electron chi connectivity index (χ2n) is 5.90. The third-order valence-corrected chi connectivity index (χ3v) is 4.03. The smallest absolute Gasteiger partial charge is 0.366 e. The van der Waals surface area contributed by atoms with E-state index in [2.05, 4.69) is 17.6 Å². The van der Waals surface area contributed by atoms with Crippen molar-refractivity contribution >= 4 is 11.8 Å². The van der Waals surface area contributed by atoms with Crippen LogP contribution in [0.4, 0.5) is 13.2 Å². The van der Waals surface area contributed by atoms with Gasteiger partial charge in [0.2, 0.25) is 11.8 Å². The number of nitrogens with two attached hydrogens (primary N) is 1. The number of piperidine rings is 1. The van der Waals surface area contributed by atoms with Crippen molar-refractivity contribution in [2.75, 3.05) is 13.6 Å². The van der Waals surface area contributed by atoms with Gasteiger partial charge in [0, 0.05) is 13.6 Å². The van der Waals surface area contributed by atoms with Gasteiger partial charge in [0.15, 0.2) is 0 Å². The van der Waals surface area contributed by atoms with E-state index in [-0.39, 0.29) is 11.9 Å². The van der Waals surface area contributed by atoms with Gasteiger partial charge in [-0.1, -0.05) is 25.1 Å². The number of carbonyl (C=O) groups is 2. The van der Waals surface area contributed by atoms with Crippen LogP contribution in [-0.2, 0) is 22.3 Å². The van der Waals surface area contributed by atoms with E-state index in [1.54, 1.807) is 7.05 Å². The minimum absolute atomic E-state index is 0.0263. The Kier molecular flexibility index (Phi) is 8.31. The van der Waals surface area contributed by atoms with Crippen molar-refractivity contribution in [3.8, 4) is 0 Å². The maximum atomic E-state index is 12.5. The number of carbonyl (C=O) groups excluding carboxylic acids is 2. The number of benzene rings is 1. The van der Waals surface area contributed by atoms with Crippen LogP contribution in [-0.4, -0.2) is 36.3 Å². The molecule has 1 fully saturated rings. The zero-order valence-corrected chi connectivity index (χ0v) is 14.7. The average Bonchev–Trinajstić information content (AvgIpc) is 2.61. The van der Waals surface area contributed by atoms with Gasteiger partial charge >= 0.3 is 6.18 Å². The zero-order chi connectivity index (χ0) is 19.7. The molecule has 0 bridgehead atoms. The van der Waals surface area contributed by atoms with Crippen molar-refractivity contribution in [3.05, 3.63) is 48.0 Å². The maximum absolute atomic E-state index is 12.5. The van der Waals surface area contributed by atoms with E-state index in [1.165, 1.54) is 12.1 Å². The van der Waals surface area contributed by atoms with Gasteiger partial charge in [-0.15, -0.1) is 0 Å². The largest absolute Gasteiger partial charge is 0.416 e. The Morgan fingerprint density at radius 2 is 1.88 bits per heavy atom. The molecule has 26 heavy (non-hydrogen) atoms. The lowest BCUT2D eigenvalue weighted by molar-refractivity contribution is -0.137. The number of alkyl halides is 3. The van der Waals surface area contributed by atoms with Crippen molar-refractivity contribution in [3.63, 3.8) is 0 Å². The molecule has 1 aliphatic heterocycles. The molecule has 1 aromatic carbocycles. The first-order chi connectivity index (χ1) is 12.2. The van der Waals surface area contributed by atoms with E-state index in [9.17, 15) is 22.8 Å². The first-order valence-electron chi connectivity index (χ1n) is 8.22. The molecular formula is C18H24F3N3O2. The summed E-state index contributed by atoms with van der Waals surface area (Å²) in [5.41, 5.74) is 4.68. The topological polar surface area (TPSA) is 75.4 Å². The van der Waals surface area contributed by atoms with Crippen LogP contribution in [0.25, 0.3) is 0 Å². The molecule has 1 aliphatic rings. The minimum Gasteiger partial charge on any atom is -0.366 e. The molecule has 0 spiro atoms. The van der Waals surface area contributed by atoms with E-state index in [1.807, 2.05) is 4.90 Å². The average molecular weight is 371 g/mol. The number of nitrogens with zero attached hydrogens (tertiary/aromatic N) is 1. The summed E-state index contributed by atoms with van der Waals surface area (Å²) in [6, 6.07) is 4.96. The molecule has 1 unspecified atom stereocenters. The number of likely N-dealkylation sites (N-methyl/N-ethyl adjacent to an activating group) is 1. The third kappa shape index (κ3) is 6.87. The maximum Gasteiger partial charge on any atom is 0.416 e. The molecule has 1 atom stereocenters. The molecule has 8 heteroatoms. The minimum atomic E-state index is -4.31. The predicted molar refractivity (Wildman–Crippen MR) is 93.0 cm³/mol. The van der Waals surface area contributed by atoms with Gasteiger partial charge in [-0.2, -0.15) is 13.2 Å². The Morgan fingerprint density at radius 1 is 1.31 bits per heavy atom. The molecule has 1 heterocycles. The van der Waals surface area contributed by atoms with Gasteiger partial charge in [0.25, 0.3) is 0 Å². The van der Waals surface area contributed by atoms with Crippen molar-refractivity contribution in [2.45, 2.75) is 38.0 Å². The number of nitrogens with one attached hydrogen (secondary N) is 1. The molecular weight excluding hydrogens is 347 g/mol. The lowest BCUT2D eigenvalue weighted by Crippen LogP contribution is -2.48. The third-order valence-electron chi connectivity index (χ3n) is 4.03. The summed E-state index contributed by atoms with van der Waals surface area (Å²) in [5, 5.41) is 2.65. The predicted octanol–water partition coefficient (Wildman–Crippen LogP) is 2.46. The zero-order valence-electron chi connectivity index (χ0n) is 14.7. The van der Waals surface area contributed by atoms with Crippen molar-refractivity contribution < 1.29 is 22.8 Å². The van der Waals surface area contributed by atoms with Crippen LogP contribution in [0.3, 0.4) is 0 Å². The Bertz CT molecular complexity index is 615. The molecule has 0 aromatic heterocycles. The highest BCUT2D eigenvalue weighted by atomic mass is 19.4. The van der Waals surface area contributed by atoms with Crippen LogP contribution >= 0.6 is 0 Å². The van der Waals surface area contributed by atoms with Gasteiger partial charge in [-0.3, -0.25) is 14.5 Å². The van der Waals surface area contributed by atoms with Crippen LogP contribution in [0, 0.1) is 0 Å². The molecule has 1 aromatic rings. The van der Waals surface area contributed by atoms with E-state index in [4.69, 9.17) is 0 Å². The standard InChI is InChI=1S/C15H19F3N2O.C3H5NO/c1-19-14(21)13-4-2-3-9-20(13)10-11-5-7-12(8-6-11)15(16,17)18;1-2-3(4)5/h5-8,13H,2-4,9-10H2,1H3,(H,19,21);2H,1H2,(H2,4,5). The van der Waals surface area contributed by atoms with Gasteiger partial charge < -0.3 is 11.1 Å². The monoisotopic (exact) mass is 371 g/mol. The number of amides is 2. The summed E-state index contributed by atoms with van der Waals surface area (Å²) in [6.45, 7) is 4.37. The van der Waals surface area contributed by atoms with Gasteiger partial charge in [0.1, 0.15) is 0 Å². The van der Waals surface area contributed by atoms with Crippen molar-refractivity contribution in [2.24, 2.45) is 5.73 Å². The lowest BCUT2D eigenvalue weighted by atomic mass is 10.00. The number of halogens is 3. The first-order valence-corrected chi connectivity index (χ1v) is 8.22. The van der Waals surface area contributed by atoms with Crippen molar-refractivity contribution in [1.82, 2.24) is 10.2 Å². The van der Waals surface area contributed by atoms with Crippen LogP contribution in [0.15, 0.2) is 36.9 Å². The van der Waals surface area contributed by atoms with Crippen LogP contribution in [0.2, 0.25) is 0 Å². The second kappa shape index (κ2) is 9.96. The highest BCUT2D eigenvalue weighted by Crippen LogP contribution is 2.29. The van der Waals surface area contributed by atoms with Crippen LogP contribution < -0.4 is 11.1 Å². The molecule has 0 saturated carbocycles. The Balaban J connectivity index is 0.000000597. The molecule has 1 saturated heterocycles. The molecule has 0 aliphatic carbocycles. The number of likely N-dealkylation sites (tertiary alicyclic amines) is 1. The molecule has 144 valence electrons. The van der Waals surface area contributed by atoms with E-state index < -0.39 is 17.6 Å². The number of hydrogen-bond donors (Lipinski definition) is 2. The van der Waals surface area contributed by atoms with E-state index in [0.717, 1.165) is 49.6 Å². The summed E-state index contributed by atoms with van der Waals surface area (Å²) in [6.07, 6.45) is -0.454. The van der Waals surface area contributed by atoms with Crippen LogP contribution in [0.5, 0.6) is 0 Å². The van der Waals surface area contributed by atoms with Gasteiger partial charge in [-0.25, -0.2) is 0 Å². The number of rotatable bonds is 4. The van der Waals surface area contributed by atoms with Crippen molar-refractivity contribution in [1.29, 1.82) is 0 Å². The SMILES string of the molecule is C=CC(N)=O.CNC(=O)C1CCCCN1Cc1ccc(C(F)(F)F)cc1. The summed E-state index contributed by atoms with van der Waals surface area (Å²) >= 11 is 0. The Hall–Kier alpha value is -2.35. The quantitative estimate of drug-likeness (QED) is 0.799. The van der Waals surface area contributed by atoms with Gasteiger partial charge in [0.05, 0.1) is 11.6 Å². The fourth-order valence-corrected chi connectivity index (χ4v) is 2.68. The highest BCUT2D eigenvalue weighted by molar-refractivity contribution is 5.85. The Morgan fingerprint density at radius 3 is 2.35 bits per heavy atom. The normalized spacial score (nSPS) is 17.6. The highest BCUT2D eigenvalue weighted by Gasteiger charge is 2.31. The fraction of sp³-hybridized carbons (Fsp3) is 0.444. The lowest BCUT2D eigenvalue weighted by Gasteiger charge is -2.34. The molecule has 2 rings (SSSR count).